The van der Waals surface area contributed by atoms with Crippen LogP contribution in [0.2, 0.25) is 0 Å². The van der Waals surface area contributed by atoms with Crippen LogP contribution in [0.3, 0.4) is 0 Å². The lowest BCUT2D eigenvalue weighted by molar-refractivity contribution is 0.149. The van der Waals surface area contributed by atoms with Crippen molar-refractivity contribution < 1.29 is 19.1 Å². The van der Waals surface area contributed by atoms with E-state index in [1.807, 2.05) is 6.92 Å². The molecule has 0 bridgehead atoms. The minimum atomic E-state index is -0.00925. The lowest BCUT2D eigenvalue weighted by atomic mass is 10.2. The van der Waals surface area contributed by atoms with E-state index in [2.05, 4.69) is 10.1 Å². The van der Waals surface area contributed by atoms with Gasteiger partial charge in [0.2, 0.25) is 0 Å². The minimum Gasteiger partial charge on any atom is -0.504 e. The number of methoxy groups -OCH3 is 1. The number of ether oxygens (including phenoxy) is 2. The summed E-state index contributed by atoms with van der Waals surface area (Å²) in [6, 6.07) is 5.10. The lowest BCUT2D eigenvalue weighted by Crippen LogP contribution is -1.99. The summed E-state index contributed by atoms with van der Waals surface area (Å²) in [6.07, 6.45) is 0.571. The van der Waals surface area contributed by atoms with Crippen LogP contribution in [0.15, 0.2) is 22.7 Å². The van der Waals surface area contributed by atoms with E-state index in [1.165, 1.54) is 7.11 Å². The van der Waals surface area contributed by atoms with Crippen molar-refractivity contribution in [2.75, 3.05) is 20.3 Å². The maximum Gasteiger partial charge on any atom is 0.261 e. The molecule has 0 aliphatic rings. The van der Waals surface area contributed by atoms with Gasteiger partial charge in [0.05, 0.1) is 19.3 Å². The maximum atomic E-state index is 9.99. The fraction of sp³-hybridized carbons (Fsp3) is 0.385. The number of aromatic hydroxyl groups is 1. The molecule has 2 aromatic rings. The van der Waals surface area contributed by atoms with Gasteiger partial charge in [0, 0.05) is 13.0 Å². The second-order valence-electron chi connectivity index (χ2n) is 3.82. The fourth-order valence-corrected chi connectivity index (χ4v) is 1.63. The van der Waals surface area contributed by atoms with Crippen molar-refractivity contribution in [2.45, 2.75) is 13.3 Å². The van der Waals surface area contributed by atoms with Gasteiger partial charge in [-0.15, -0.1) is 0 Å². The second-order valence-corrected chi connectivity index (χ2v) is 3.82. The number of benzene rings is 1. The largest absolute Gasteiger partial charge is 0.504 e. The Kier molecular flexibility index (Phi) is 4.35. The number of hydrogen-bond donors (Lipinski definition) is 1. The average molecular weight is 264 g/mol. The van der Waals surface area contributed by atoms with Gasteiger partial charge in [0.1, 0.15) is 0 Å². The molecule has 0 saturated carbocycles. The summed E-state index contributed by atoms with van der Waals surface area (Å²) in [4.78, 5) is 4.22. The van der Waals surface area contributed by atoms with E-state index >= 15 is 0 Å². The van der Waals surface area contributed by atoms with Gasteiger partial charge in [-0.25, -0.2) is 0 Å². The molecule has 0 aliphatic heterocycles. The predicted octanol–water partition coefficient (Wildman–Crippen LogP) is 2.03. The summed E-state index contributed by atoms with van der Waals surface area (Å²) in [5, 5.41) is 13.8. The normalized spacial score (nSPS) is 10.6. The lowest BCUT2D eigenvalue weighted by Gasteiger charge is -2.04. The molecule has 2 rings (SSSR count). The monoisotopic (exact) mass is 264 g/mol. The molecular weight excluding hydrogens is 248 g/mol. The molecule has 0 unspecified atom stereocenters. The summed E-state index contributed by atoms with van der Waals surface area (Å²) < 4.78 is 15.4. The molecule has 0 radical (unpaired) electrons. The van der Waals surface area contributed by atoms with E-state index in [0.717, 1.165) is 0 Å². The molecule has 6 heteroatoms. The highest BCUT2D eigenvalue weighted by Gasteiger charge is 2.15. The van der Waals surface area contributed by atoms with E-state index in [9.17, 15) is 5.11 Å². The summed E-state index contributed by atoms with van der Waals surface area (Å²) >= 11 is 0. The zero-order valence-corrected chi connectivity index (χ0v) is 10.9. The summed E-state index contributed by atoms with van der Waals surface area (Å²) in [6.45, 7) is 3.12. The van der Waals surface area contributed by atoms with Crippen molar-refractivity contribution in [3.8, 4) is 23.0 Å². The molecule has 0 saturated heterocycles. The van der Waals surface area contributed by atoms with Crippen molar-refractivity contribution in [1.82, 2.24) is 10.1 Å². The standard InChI is InChI=1S/C13H16N2O4/c1-3-18-8-7-11-14-13(19-15-11)9-5-4-6-10(17-2)12(9)16/h4-6,16H,3,7-8H2,1-2H3. The van der Waals surface area contributed by atoms with Crippen LogP contribution >= 0.6 is 0 Å². The zero-order chi connectivity index (χ0) is 13.7. The Morgan fingerprint density at radius 1 is 1.37 bits per heavy atom. The molecular formula is C13H16N2O4. The van der Waals surface area contributed by atoms with Crippen LogP contribution in [0, 0.1) is 0 Å². The molecule has 1 N–H and O–H groups in total. The number of hydrogen-bond acceptors (Lipinski definition) is 6. The third-order valence-electron chi connectivity index (χ3n) is 2.59. The number of phenolic OH excluding ortho intramolecular Hbond substituents is 1. The highest BCUT2D eigenvalue weighted by atomic mass is 16.5. The van der Waals surface area contributed by atoms with Gasteiger partial charge in [0.15, 0.2) is 17.3 Å². The van der Waals surface area contributed by atoms with Crippen LogP contribution in [-0.4, -0.2) is 35.6 Å². The van der Waals surface area contributed by atoms with Crippen LogP contribution in [0.5, 0.6) is 11.5 Å². The van der Waals surface area contributed by atoms with Gasteiger partial charge >= 0.3 is 0 Å². The molecule has 0 aliphatic carbocycles. The van der Waals surface area contributed by atoms with Crippen molar-refractivity contribution >= 4 is 0 Å². The van der Waals surface area contributed by atoms with Crippen LogP contribution in [-0.2, 0) is 11.2 Å². The average Bonchev–Trinajstić information content (AvgIpc) is 2.88. The SMILES string of the molecule is CCOCCc1noc(-c2cccc(OC)c2O)n1. The van der Waals surface area contributed by atoms with E-state index in [0.29, 0.717) is 36.8 Å². The number of phenols is 1. The predicted molar refractivity (Wildman–Crippen MR) is 68.1 cm³/mol. The van der Waals surface area contributed by atoms with Gasteiger partial charge in [-0.3, -0.25) is 0 Å². The second kappa shape index (κ2) is 6.19. The van der Waals surface area contributed by atoms with Gasteiger partial charge < -0.3 is 19.1 Å². The van der Waals surface area contributed by atoms with Crippen LogP contribution in [0.4, 0.5) is 0 Å². The topological polar surface area (TPSA) is 77.6 Å². The molecule has 1 heterocycles. The smallest absolute Gasteiger partial charge is 0.261 e. The van der Waals surface area contributed by atoms with Crippen LogP contribution in [0.25, 0.3) is 11.5 Å². The third kappa shape index (κ3) is 3.03. The first kappa shape index (κ1) is 13.4. The Morgan fingerprint density at radius 3 is 2.95 bits per heavy atom. The number of rotatable bonds is 6. The number of aromatic nitrogens is 2. The van der Waals surface area contributed by atoms with Gasteiger partial charge in [-0.2, -0.15) is 4.98 Å². The molecule has 6 nitrogen and oxygen atoms in total. The van der Waals surface area contributed by atoms with Crippen LogP contribution in [0.1, 0.15) is 12.7 Å². The molecule has 0 atom stereocenters. The molecule has 102 valence electrons. The van der Waals surface area contributed by atoms with Gasteiger partial charge in [-0.05, 0) is 19.1 Å². The maximum absolute atomic E-state index is 9.99. The summed E-state index contributed by atoms with van der Waals surface area (Å²) in [7, 11) is 1.49. The Bertz CT molecular complexity index is 539. The van der Waals surface area contributed by atoms with Gasteiger partial charge in [0.25, 0.3) is 5.89 Å². The summed E-state index contributed by atoms with van der Waals surface area (Å²) in [5.41, 5.74) is 0.453. The third-order valence-corrected chi connectivity index (χ3v) is 2.59. The highest BCUT2D eigenvalue weighted by molar-refractivity contribution is 5.66. The first-order chi connectivity index (χ1) is 9.26. The molecule has 0 spiro atoms. The van der Waals surface area contributed by atoms with Crippen molar-refractivity contribution in [1.29, 1.82) is 0 Å². The van der Waals surface area contributed by atoms with Crippen molar-refractivity contribution in [3.05, 3.63) is 24.0 Å². The van der Waals surface area contributed by atoms with E-state index in [4.69, 9.17) is 14.0 Å². The Morgan fingerprint density at radius 2 is 2.21 bits per heavy atom. The van der Waals surface area contributed by atoms with Gasteiger partial charge in [-0.1, -0.05) is 11.2 Å². The molecule has 1 aromatic heterocycles. The summed E-state index contributed by atoms with van der Waals surface area (Å²) in [5.74, 6) is 1.17. The number of para-hydroxylation sites is 1. The Hall–Kier alpha value is -2.08. The van der Waals surface area contributed by atoms with E-state index in [1.54, 1.807) is 18.2 Å². The molecule has 19 heavy (non-hydrogen) atoms. The molecule has 1 aromatic carbocycles. The Balaban J connectivity index is 2.18. The van der Waals surface area contributed by atoms with Crippen molar-refractivity contribution in [2.24, 2.45) is 0 Å². The first-order valence-electron chi connectivity index (χ1n) is 6.03. The van der Waals surface area contributed by atoms with E-state index < -0.39 is 0 Å². The zero-order valence-electron chi connectivity index (χ0n) is 10.9. The first-order valence-corrected chi connectivity index (χ1v) is 6.03. The quantitative estimate of drug-likeness (QED) is 0.804. The van der Waals surface area contributed by atoms with Crippen molar-refractivity contribution in [3.63, 3.8) is 0 Å². The minimum absolute atomic E-state index is 0.00925. The Labute approximate surface area is 111 Å². The fourth-order valence-electron chi connectivity index (χ4n) is 1.63. The van der Waals surface area contributed by atoms with E-state index in [-0.39, 0.29) is 11.6 Å². The van der Waals surface area contributed by atoms with Crippen LogP contribution < -0.4 is 4.74 Å². The molecule has 0 amide bonds. The number of nitrogens with zero attached hydrogens (tertiary/aromatic N) is 2. The highest BCUT2D eigenvalue weighted by Crippen LogP contribution is 2.35. The molecule has 0 fully saturated rings.